The second kappa shape index (κ2) is 12.1. The van der Waals surface area contributed by atoms with Crippen LogP contribution >= 0.6 is 30.2 Å². The molecule has 5 heteroatoms. The first-order valence-electron chi connectivity index (χ1n) is 5.79. The molecule has 0 saturated carbocycles. The fourth-order valence-corrected chi connectivity index (χ4v) is 5.05. The Morgan fingerprint density at radius 3 is 2.62 bits per heavy atom. The summed E-state index contributed by atoms with van der Waals surface area (Å²) in [5, 5.41) is 8.42. The molecule has 2 unspecified atom stereocenters. The Morgan fingerprint density at radius 1 is 1.44 bits per heavy atom. The molecule has 0 spiro atoms. The number of carboxylic acids is 1. The lowest BCUT2D eigenvalue weighted by Crippen LogP contribution is -1.96. The van der Waals surface area contributed by atoms with Crippen molar-refractivity contribution in [2.75, 3.05) is 18.6 Å². The van der Waals surface area contributed by atoms with Crippen molar-refractivity contribution in [3.63, 3.8) is 0 Å². The molecular weight excluding hydrogens is 259 g/mol. The molecule has 1 fully saturated rings. The highest BCUT2D eigenvalue weighted by Gasteiger charge is 2.15. The van der Waals surface area contributed by atoms with Gasteiger partial charge in [0.1, 0.15) is 0 Å². The highest BCUT2D eigenvalue weighted by molar-refractivity contribution is 8.77. The summed E-state index contributed by atoms with van der Waals surface area (Å²) in [5.41, 5.74) is 0. The van der Waals surface area contributed by atoms with Crippen LogP contribution in [0, 0.1) is 0 Å². The fraction of sp³-hybridized carbons (Fsp3) is 0.909. The molecule has 1 aliphatic heterocycles. The van der Waals surface area contributed by atoms with E-state index in [2.05, 4.69) is 28.3 Å². The van der Waals surface area contributed by atoms with Crippen molar-refractivity contribution in [2.24, 2.45) is 0 Å². The van der Waals surface area contributed by atoms with Crippen LogP contribution in [0.4, 0.5) is 0 Å². The molecular formula is C11H23O2PS2. The first kappa shape index (κ1) is 16.6. The van der Waals surface area contributed by atoms with Gasteiger partial charge >= 0.3 is 0 Å². The Balaban J connectivity index is 0.000000487. The average molecular weight is 282 g/mol. The van der Waals surface area contributed by atoms with Gasteiger partial charge in [-0.1, -0.05) is 34.4 Å². The van der Waals surface area contributed by atoms with Crippen molar-refractivity contribution < 1.29 is 9.90 Å². The number of carbonyl (C=O) groups is 1. The SMILES string of the molecule is CC(=O)O.CPCCCCCC1CCSS1. The summed E-state index contributed by atoms with van der Waals surface area (Å²) in [5.74, 6) is 0.561. The van der Waals surface area contributed by atoms with E-state index in [0.717, 1.165) is 12.2 Å². The van der Waals surface area contributed by atoms with Crippen LogP contribution in [-0.2, 0) is 4.79 Å². The maximum absolute atomic E-state index is 9.00. The molecule has 0 radical (unpaired) electrons. The molecule has 0 aromatic heterocycles. The van der Waals surface area contributed by atoms with Crippen molar-refractivity contribution in [1.29, 1.82) is 0 Å². The molecule has 1 aliphatic rings. The van der Waals surface area contributed by atoms with Crippen LogP contribution < -0.4 is 0 Å². The summed E-state index contributed by atoms with van der Waals surface area (Å²) in [6.45, 7) is 3.39. The standard InChI is InChI=1S/C9H19PS2.C2H4O2/c1-10-7-4-2-3-5-9-6-8-11-12-9;1-2(3)4/h9-10H,2-8H2,1H3;1H3,(H,3,4). The second-order valence-electron chi connectivity index (χ2n) is 3.80. The third-order valence-electron chi connectivity index (χ3n) is 2.18. The van der Waals surface area contributed by atoms with E-state index in [9.17, 15) is 0 Å². The van der Waals surface area contributed by atoms with Gasteiger partial charge in [-0.15, -0.1) is 8.58 Å². The zero-order chi connectivity index (χ0) is 12.2. The van der Waals surface area contributed by atoms with Gasteiger partial charge in [0, 0.05) is 17.9 Å². The van der Waals surface area contributed by atoms with E-state index in [1.54, 1.807) is 0 Å². The van der Waals surface area contributed by atoms with Gasteiger partial charge in [-0.3, -0.25) is 4.79 Å². The first-order chi connectivity index (χ1) is 7.66. The van der Waals surface area contributed by atoms with E-state index in [-0.39, 0.29) is 0 Å². The smallest absolute Gasteiger partial charge is 0.300 e. The van der Waals surface area contributed by atoms with Crippen LogP contribution in [0.1, 0.15) is 39.0 Å². The Kier molecular flexibility index (Phi) is 12.5. The normalized spacial score (nSPS) is 19.8. The zero-order valence-corrected chi connectivity index (χ0v) is 12.8. The van der Waals surface area contributed by atoms with Crippen molar-refractivity contribution >= 4 is 36.1 Å². The van der Waals surface area contributed by atoms with Crippen molar-refractivity contribution in [3.8, 4) is 0 Å². The Hall–Kier alpha value is 0.600. The Labute approximate surface area is 109 Å². The summed E-state index contributed by atoms with van der Waals surface area (Å²) in [4.78, 5) is 9.00. The third-order valence-corrected chi connectivity index (χ3v) is 6.04. The summed E-state index contributed by atoms with van der Waals surface area (Å²) >= 11 is 0. The summed E-state index contributed by atoms with van der Waals surface area (Å²) < 4.78 is 0. The minimum Gasteiger partial charge on any atom is -0.481 e. The summed E-state index contributed by atoms with van der Waals surface area (Å²) in [7, 11) is 5.36. The second-order valence-corrected chi connectivity index (χ2v) is 7.80. The predicted molar refractivity (Wildman–Crippen MR) is 79.3 cm³/mol. The molecule has 0 amide bonds. The molecule has 16 heavy (non-hydrogen) atoms. The molecule has 1 heterocycles. The number of carboxylic acid groups (broad SMARTS) is 1. The van der Waals surface area contributed by atoms with Gasteiger partial charge in [0.15, 0.2) is 0 Å². The number of hydrogen-bond donors (Lipinski definition) is 1. The molecule has 1 saturated heterocycles. The maximum Gasteiger partial charge on any atom is 0.300 e. The van der Waals surface area contributed by atoms with Crippen LogP contribution in [-0.4, -0.2) is 34.9 Å². The highest BCUT2D eigenvalue weighted by atomic mass is 33.1. The van der Waals surface area contributed by atoms with E-state index < -0.39 is 5.97 Å². The lowest BCUT2D eigenvalue weighted by Gasteiger charge is -2.05. The molecule has 2 atom stereocenters. The van der Waals surface area contributed by atoms with Gasteiger partial charge in [0.25, 0.3) is 5.97 Å². The van der Waals surface area contributed by atoms with E-state index >= 15 is 0 Å². The van der Waals surface area contributed by atoms with Gasteiger partial charge in [0.2, 0.25) is 0 Å². The van der Waals surface area contributed by atoms with E-state index in [0.29, 0.717) is 0 Å². The van der Waals surface area contributed by atoms with Gasteiger partial charge in [0.05, 0.1) is 0 Å². The lowest BCUT2D eigenvalue weighted by atomic mass is 10.1. The Bertz CT molecular complexity index is 169. The fourth-order valence-electron chi connectivity index (χ4n) is 1.42. The lowest BCUT2D eigenvalue weighted by molar-refractivity contribution is -0.134. The quantitative estimate of drug-likeness (QED) is 0.452. The monoisotopic (exact) mass is 282 g/mol. The van der Waals surface area contributed by atoms with Crippen molar-refractivity contribution in [2.45, 2.75) is 44.3 Å². The van der Waals surface area contributed by atoms with Crippen LogP contribution in [0.25, 0.3) is 0 Å². The molecule has 0 aromatic rings. The largest absolute Gasteiger partial charge is 0.481 e. The minimum atomic E-state index is -0.833. The van der Waals surface area contributed by atoms with Gasteiger partial charge in [-0.25, -0.2) is 0 Å². The van der Waals surface area contributed by atoms with Crippen LogP contribution in [0.3, 0.4) is 0 Å². The maximum atomic E-state index is 9.00. The molecule has 96 valence electrons. The zero-order valence-electron chi connectivity index (χ0n) is 10.2. The molecule has 2 nitrogen and oxygen atoms in total. The van der Waals surface area contributed by atoms with Crippen LogP contribution in [0.15, 0.2) is 0 Å². The predicted octanol–water partition coefficient (Wildman–Crippen LogP) is 4.10. The number of aliphatic carboxylic acids is 1. The summed E-state index contributed by atoms with van der Waals surface area (Å²) in [6.07, 6.45) is 8.83. The summed E-state index contributed by atoms with van der Waals surface area (Å²) in [6, 6.07) is 0. The minimum absolute atomic E-state index is 0.833. The molecule has 0 aliphatic carbocycles. The number of rotatable bonds is 6. The Morgan fingerprint density at radius 2 is 2.12 bits per heavy atom. The van der Waals surface area contributed by atoms with E-state index in [1.807, 2.05) is 0 Å². The average Bonchev–Trinajstić information content (AvgIpc) is 2.69. The van der Waals surface area contributed by atoms with Crippen LogP contribution in [0.2, 0.25) is 0 Å². The van der Waals surface area contributed by atoms with Crippen LogP contribution in [0.5, 0.6) is 0 Å². The van der Waals surface area contributed by atoms with E-state index in [1.165, 1.54) is 52.6 Å². The topological polar surface area (TPSA) is 37.3 Å². The number of unbranched alkanes of at least 4 members (excludes halogenated alkanes) is 2. The molecule has 1 N–H and O–H groups in total. The molecule has 0 bridgehead atoms. The van der Waals surface area contributed by atoms with Crippen molar-refractivity contribution in [3.05, 3.63) is 0 Å². The molecule has 0 aromatic carbocycles. The van der Waals surface area contributed by atoms with Gasteiger partial charge in [-0.2, -0.15) is 0 Å². The van der Waals surface area contributed by atoms with Crippen molar-refractivity contribution in [1.82, 2.24) is 0 Å². The highest BCUT2D eigenvalue weighted by Crippen LogP contribution is 2.39. The third kappa shape index (κ3) is 12.7. The molecule has 1 rings (SSSR count). The van der Waals surface area contributed by atoms with E-state index in [4.69, 9.17) is 9.90 Å². The first-order valence-corrected chi connectivity index (χ1v) is 9.88. The van der Waals surface area contributed by atoms with Gasteiger partial charge in [-0.05, 0) is 32.1 Å². The van der Waals surface area contributed by atoms with Gasteiger partial charge < -0.3 is 5.11 Å². The number of hydrogen-bond acceptors (Lipinski definition) is 3.